The summed E-state index contributed by atoms with van der Waals surface area (Å²) in [6.07, 6.45) is -1.15. The van der Waals surface area contributed by atoms with Gasteiger partial charge in [0.15, 0.2) is 0 Å². The minimum absolute atomic E-state index is 0.213. The lowest BCUT2D eigenvalue weighted by Crippen LogP contribution is -2.59. The van der Waals surface area contributed by atoms with E-state index in [1.807, 2.05) is 0 Å². The molecule has 0 saturated carbocycles. The Labute approximate surface area is 171 Å². The lowest BCUT2D eigenvalue weighted by Gasteiger charge is -2.37. The summed E-state index contributed by atoms with van der Waals surface area (Å²) in [6.45, 7) is 10.2. The van der Waals surface area contributed by atoms with Crippen molar-refractivity contribution in [3.8, 4) is 0 Å². The first kappa shape index (κ1) is 24.3. The van der Waals surface area contributed by atoms with Crippen molar-refractivity contribution in [2.75, 3.05) is 40.3 Å². The Balaban J connectivity index is 2.58. The summed E-state index contributed by atoms with van der Waals surface area (Å²) in [7, 11) is 2.63. The van der Waals surface area contributed by atoms with Crippen molar-refractivity contribution in [1.82, 2.24) is 25.6 Å². The van der Waals surface area contributed by atoms with Crippen LogP contribution < -0.4 is 10.7 Å². The molecule has 1 aliphatic rings. The third kappa shape index (κ3) is 7.66. The number of alkyl carbamates (subject to hydrolysis) is 1. The second kappa shape index (κ2) is 10.2. The van der Waals surface area contributed by atoms with Crippen molar-refractivity contribution in [2.45, 2.75) is 46.3 Å². The van der Waals surface area contributed by atoms with Crippen molar-refractivity contribution in [2.24, 2.45) is 5.92 Å². The molecule has 5 amide bonds. The molecule has 0 unspecified atom stereocenters. The van der Waals surface area contributed by atoms with Crippen LogP contribution in [0.4, 0.5) is 14.4 Å². The van der Waals surface area contributed by atoms with Crippen LogP contribution in [0, 0.1) is 5.92 Å². The van der Waals surface area contributed by atoms with Gasteiger partial charge < -0.3 is 24.6 Å². The molecule has 166 valence electrons. The monoisotopic (exact) mass is 415 g/mol. The maximum atomic E-state index is 12.6. The highest BCUT2D eigenvalue weighted by atomic mass is 16.6. The zero-order chi connectivity index (χ0) is 22.4. The number of carbonyl (C=O) groups is 4. The third-order valence-corrected chi connectivity index (χ3v) is 4.17. The summed E-state index contributed by atoms with van der Waals surface area (Å²) in [4.78, 5) is 51.7. The predicted octanol–water partition coefficient (Wildman–Crippen LogP) is 1.00. The van der Waals surface area contributed by atoms with Gasteiger partial charge in [-0.25, -0.2) is 19.4 Å². The van der Waals surface area contributed by atoms with Gasteiger partial charge in [0, 0.05) is 33.2 Å². The minimum atomic E-state index is -0.860. The standard InChI is InChI=1S/C18H33N5O6/c1-12(2)13(19-15(25)28-7)14(24)20-21(6)16(26)22-8-10-23(11-9-22)17(27)29-18(3,4)5/h12-13H,8-11H2,1-7H3,(H,19,25)(H,20,24)/t13-/m0/s1. The van der Waals surface area contributed by atoms with E-state index in [0.29, 0.717) is 26.2 Å². The SMILES string of the molecule is COC(=O)N[C@H](C(=O)NN(C)C(=O)N1CCN(C(=O)OC(C)(C)C)CC1)C(C)C. The first-order chi connectivity index (χ1) is 13.4. The van der Waals surface area contributed by atoms with Crippen LogP contribution in [-0.4, -0.2) is 90.9 Å². The summed E-state index contributed by atoms with van der Waals surface area (Å²) < 4.78 is 9.86. The van der Waals surface area contributed by atoms with Gasteiger partial charge in [0.1, 0.15) is 11.6 Å². The number of methoxy groups -OCH3 is 1. The Hall–Kier alpha value is -2.72. The van der Waals surface area contributed by atoms with Gasteiger partial charge in [-0.1, -0.05) is 13.8 Å². The van der Waals surface area contributed by atoms with Crippen LogP contribution in [0.15, 0.2) is 0 Å². The maximum absolute atomic E-state index is 12.6. The lowest BCUT2D eigenvalue weighted by atomic mass is 10.0. The first-order valence-corrected chi connectivity index (χ1v) is 9.51. The predicted molar refractivity (Wildman–Crippen MR) is 105 cm³/mol. The molecule has 1 fully saturated rings. The minimum Gasteiger partial charge on any atom is -0.453 e. The number of carbonyl (C=O) groups excluding carboxylic acids is 4. The Bertz CT molecular complexity index is 610. The molecule has 11 nitrogen and oxygen atoms in total. The Kier molecular flexibility index (Phi) is 8.53. The molecule has 1 atom stereocenters. The van der Waals surface area contributed by atoms with Crippen molar-refractivity contribution in [3.05, 3.63) is 0 Å². The van der Waals surface area contributed by atoms with Gasteiger partial charge in [-0.15, -0.1) is 0 Å². The highest BCUT2D eigenvalue weighted by Gasteiger charge is 2.31. The largest absolute Gasteiger partial charge is 0.453 e. The molecule has 0 spiro atoms. The molecular formula is C18H33N5O6. The average Bonchev–Trinajstić information content (AvgIpc) is 2.63. The van der Waals surface area contributed by atoms with E-state index in [2.05, 4.69) is 15.5 Å². The number of nitrogens with zero attached hydrogens (tertiary/aromatic N) is 3. The van der Waals surface area contributed by atoms with Crippen molar-refractivity contribution in [3.63, 3.8) is 0 Å². The van der Waals surface area contributed by atoms with E-state index in [-0.39, 0.29) is 5.92 Å². The number of piperazine rings is 1. The molecule has 11 heteroatoms. The Morgan fingerprint density at radius 2 is 1.52 bits per heavy atom. The second-order valence-corrected chi connectivity index (χ2v) is 8.13. The number of urea groups is 1. The number of hydrogen-bond acceptors (Lipinski definition) is 6. The zero-order valence-corrected chi connectivity index (χ0v) is 18.3. The number of nitrogens with one attached hydrogen (secondary N) is 2. The molecule has 1 saturated heterocycles. The number of hydrogen-bond donors (Lipinski definition) is 2. The Morgan fingerprint density at radius 3 is 1.97 bits per heavy atom. The highest BCUT2D eigenvalue weighted by molar-refractivity contribution is 5.87. The van der Waals surface area contributed by atoms with Gasteiger partial charge in [-0.3, -0.25) is 10.2 Å². The van der Waals surface area contributed by atoms with Crippen molar-refractivity contribution < 1.29 is 28.7 Å². The van der Waals surface area contributed by atoms with Gasteiger partial charge in [0.05, 0.1) is 7.11 Å². The van der Waals surface area contributed by atoms with E-state index in [1.54, 1.807) is 39.5 Å². The number of amides is 5. The molecule has 0 aliphatic carbocycles. The van der Waals surface area contributed by atoms with Gasteiger partial charge >= 0.3 is 18.2 Å². The fourth-order valence-electron chi connectivity index (χ4n) is 2.62. The van der Waals surface area contributed by atoms with Crippen LogP contribution in [0.1, 0.15) is 34.6 Å². The maximum Gasteiger partial charge on any atom is 0.410 e. The lowest BCUT2D eigenvalue weighted by molar-refractivity contribution is -0.127. The van der Waals surface area contributed by atoms with Crippen LogP contribution >= 0.6 is 0 Å². The molecule has 0 aromatic rings. The summed E-state index contributed by atoms with van der Waals surface area (Å²) in [5, 5.41) is 3.51. The van der Waals surface area contributed by atoms with Crippen molar-refractivity contribution in [1.29, 1.82) is 0 Å². The van der Waals surface area contributed by atoms with Crippen LogP contribution in [0.5, 0.6) is 0 Å². The van der Waals surface area contributed by atoms with Crippen LogP contribution in [0.3, 0.4) is 0 Å². The second-order valence-electron chi connectivity index (χ2n) is 8.13. The summed E-state index contributed by atoms with van der Waals surface area (Å²) in [5.41, 5.74) is 1.90. The van der Waals surface area contributed by atoms with E-state index in [1.165, 1.54) is 19.1 Å². The van der Waals surface area contributed by atoms with E-state index in [4.69, 9.17) is 4.74 Å². The molecule has 2 N–H and O–H groups in total. The van der Waals surface area contributed by atoms with Gasteiger partial charge in [0.25, 0.3) is 5.91 Å². The van der Waals surface area contributed by atoms with E-state index < -0.39 is 35.8 Å². The summed E-state index contributed by atoms with van der Waals surface area (Å²) in [5.74, 6) is -0.747. The molecule has 1 heterocycles. The molecule has 0 radical (unpaired) electrons. The van der Waals surface area contributed by atoms with E-state index in [9.17, 15) is 19.2 Å². The first-order valence-electron chi connectivity index (χ1n) is 9.51. The van der Waals surface area contributed by atoms with Crippen LogP contribution in [0.25, 0.3) is 0 Å². The van der Waals surface area contributed by atoms with Gasteiger partial charge in [-0.05, 0) is 26.7 Å². The van der Waals surface area contributed by atoms with Gasteiger partial charge in [0.2, 0.25) is 0 Å². The summed E-state index contributed by atoms with van der Waals surface area (Å²) in [6, 6.07) is -1.27. The number of ether oxygens (including phenoxy) is 2. The van der Waals surface area contributed by atoms with Crippen LogP contribution in [-0.2, 0) is 14.3 Å². The zero-order valence-electron chi connectivity index (χ0n) is 18.3. The van der Waals surface area contributed by atoms with Crippen LogP contribution in [0.2, 0.25) is 0 Å². The molecule has 0 bridgehead atoms. The Morgan fingerprint density at radius 1 is 1.00 bits per heavy atom. The van der Waals surface area contributed by atoms with Gasteiger partial charge in [-0.2, -0.15) is 0 Å². The molecule has 0 aromatic heterocycles. The number of rotatable bonds is 3. The topological polar surface area (TPSA) is 121 Å². The molecule has 0 aromatic carbocycles. The molecule has 1 rings (SSSR count). The summed E-state index contributed by atoms with van der Waals surface area (Å²) >= 11 is 0. The van der Waals surface area contributed by atoms with E-state index >= 15 is 0 Å². The number of hydrazine groups is 1. The van der Waals surface area contributed by atoms with Crippen molar-refractivity contribution >= 4 is 24.1 Å². The highest BCUT2D eigenvalue weighted by Crippen LogP contribution is 2.12. The molecule has 1 aliphatic heterocycles. The smallest absolute Gasteiger partial charge is 0.410 e. The normalized spacial score (nSPS) is 15.4. The fraction of sp³-hybridized carbons (Fsp3) is 0.778. The molecule has 29 heavy (non-hydrogen) atoms. The average molecular weight is 415 g/mol. The fourth-order valence-corrected chi connectivity index (χ4v) is 2.62. The quantitative estimate of drug-likeness (QED) is 0.664. The molecular weight excluding hydrogens is 382 g/mol. The van der Waals surface area contributed by atoms with E-state index in [0.717, 1.165) is 5.01 Å². The third-order valence-electron chi connectivity index (χ3n) is 4.17.